The van der Waals surface area contributed by atoms with Gasteiger partial charge in [-0.25, -0.2) is 4.79 Å². The number of nitrogens with zero attached hydrogens (tertiary/aromatic N) is 2. The largest absolute Gasteiger partial charge is 0.459 e. The predicted octanol–water partition coefficient (Wildman–Crippen LogP) is -0.0547. The fourth-order valence-electron chi connectivity index (χ4n) is 3.52. The minimum Gasteiger partial charge on any atom is -0.459 e. The Bertz CT molecular complexity index is 1070. The quantitative estimate of drug-likeness (QED) is 0.331. The van der Waals surface area contributed by atoms with Crippen LogP contribution < -0.4 is 11.2 Å². The fourth-order valence-corrected chi connectivity index (χ4v) is 4.47. The van der Waals surface area contributed by atoms with Crippen molar-refractivity contribution in [1.82, 2.24) is 14.5 Å². The Morgan fingerprint density at radius 1 is 1.26 bits per heavy atom. The molecule has 2 rings (SSSR count). The van der Waals surface area contributed by atoms with Crippen molar-refractivity contribution >= 4 is 25.1 Å². The van der Waals surface area contributed by atoms with E-state index in [4.69, 9.17) is 9.47 Å². The molecule has 3 N–H and O–H groups in total. The highest BCUT2D eigenvalue weighted by Gasteiger charge is 2.44. The molecule has 1 aromatic heterocycles. The molecule has 1 amide bonds. The molecule has 0 unspecified atom stereocenters. The van der Waals surface area contributed by atoms with Gasteiger partial charge in [-0.2, -0.15) is 0 Å². The molecule has 0 aliphatic carbocycles. The zero-order valence-corrected chi connectivity index (χ0v) is 21.5. The maximum atomic E-state index is 12.5. The van der Waals surface area contributed by atoms with Crippen LogP contribution in [0.25, 0.3) is 0 Å². The summed E-state index contributed by atoms with van der Waals surface area (Å²) in [7, 11) is 0. The SMILES string of the molecule is C=P(C)(C)CC[C@H]1O[C@@H](n2cc(CN(CC(=O)OC(C)(C)C)C(C)=O)c(=O)[nH]c2=O)[C@H](O)[C@@H]1O. The normalized spacial score (nSPS) is 23.1. The Morgan fingerprint density at radius 3 is 2.41 bits per heavy atom. The maximum absolute atomic E-state index is 12.5. The Balaban J connectivity index is 2.28. The van der Waals surface area contributed by atoms with Gasteiger partial charge in [0.25, 0.3) is 5.56 Å². The van der Waals surface area contributed by atoms with Gasteiger partial charge in [0, 0.05) is 13.1 Å². The number of carbonyl (C=O) groups is 2. The summed E-state index contributed by atoms with van der Waals surface area (Å²) >= 11 is 0. The second-order valence-corrected chi connectivity index (χ2v) is 14.6. The number of ether oxygens (including phenoxy) is 2. The van der Waals surface area contributed by atoms with E-state index in [9.17, 15) is 29.4 Å². The third kappa shape index (κ3) is 7.66. The van der Waals surface area contributed by atoms with Crippen LogP contribution in [-0.4, -0.2) is 92.8 Å². The summed E-state index contributed by atoms with van der Waals surface area (Å²) in [5.41, 5.74) is -2.33. The average molecular weight is 502 g/mol. The minimum atomic E-state index is -1.40. The zero-order valence-electron chi connectivity index (χ0n) is 20.6. The number of hydrogen-bond donors (Lipinski definition) is 3. The van der Waals surface area contributed by atoms with E-state index in [0.29, 0.717) is 6.42 Å². The number of hydrogen-bond acceptors (Lipinski definition) is 8. The number of H-pyrrole nitrogens is 1. The molecule has 0 aromatic carbocycles. The second-order valence-electron chi connectivity index (χ2n) is 10.3. The van der Waals surface area contributed by atoms with E-state index in [-0.39, 0.29) is 12.1 Å². The fraction of sp³-hybridized carbons (Fsp3) is 0.682. The molecule has 34 heavy (non-hydrogen) atoms. The number of aliphatic hydroxyl groups is 2. The summed E-state index contributed by atoms with van der Waals surface area (Å²) in [6.45, 7) is 8.34. The number of carbonyl (C=O) groups excluding carboxylic acids is 2. The smallest absolute Gasteiger partial charge is 0.330 e. The molecule has 192 valence electrons. The molecular weight excluding hydrogens is 465 g/mol. The first-order valence-electron chi connectivity index (χ1n) is 11.0. The number of aromatic amines is 1. The molecule has 4 atom stereocenters. The Kier molecular flexibility index (Phi) is 8.74. The molecule has 1 aliphatic heterocycles. The van der Waals surface area contributed by atoms with Crippen LogP contribution in [0.5, 0.6) is 0 Å². The molecule has 0 saturated carbocycles. The summed E-state index contributed by atoms with van der Waals surface area (Å²) in [6, 6.07) is 0. The van der Waals surface area contributed by atoms with Gasteiger partial charge < -0.3 is 24.6 Å². The van der Waals surface area contributed by atoms with Crippen LogP contribution in [0.1, 0.15) is 45.9 Å². The number of aliphatic hydroxyl groups excluding tert-OH is 2. The van der Waals surface area contributed by atoms with Gasteiger partial charge >= 0.3 is 11.7 Å². The molecule has 12 heteroatoms. The van der Waals surface area contributed by atoms with Crippen LogP contribution in [-0.2, 0) is 25.6 Å². The number of aromatic nitrogens is 2. The third-order valence-electron chi connectivity index (χ3n) is 5.22. The van der Waals surface area contributed by atoms with Crippen LogP contribution >= 0.6 is 6.89 Å². The van der Waals surface area contributed by atoms with Crippen molar-refractivity contribution < 1.29 is 29.3 Å². The van der Waals surface area contributed by atoms with Crippen LogP contribution in [0.3, 0.4) is 0 Å². The Labute approximate surface area is 198 Å². The van der Waals surface area contributed by atoms with Crippen LogP contribution in [0.4, 0.5) is 0 Å². The molecule has 0 radical (unpaired) electrons. The van der Waals surface area contributed by atoms with Gasteiger partial charge in [0.15, 0.2) is 6.23 Å². The van der Waals surface area contributed by atoms with E-state index in [0.717, 1.165) is 15.6 Å². The van der Waals surface area contributed by atoms with Crippen molar-refractivity contribution in [2.75, 3.05) is 26.0 Å². The molecular formula is C22H36N3O8P. The van der Waals surface area contributed by atoms with E-state index in [2.05, 4.69) is 11.3 Å². The van der Waals surface area contributed by atoms with Crippen molar-refractivity contribution in [2.45, 2.75) is 70.8 Å². The molecule has 0 bridgehead atoms. The first kappa shape index (κ1) is 28.0. The van der Waals surface area contributed by atoms with Crippen molar-refractivity contribution in [3.05, 3.63) is 32.6 Å². The molecule has 11 nitrogen and oxygen atoms in total. The van der Waals surface area contributed by atoms with Crippen molar-refractivity contribution in [2.24, 2.45) is 0 Å². The lowest BCUT2D eigenvalue weighted by Crippen LogP contribution is -2.41. The highest BCUT2D eigenvalue weighted by Crippen LogP contribution is 2.39. The van der Waals surface area contributed by atoms with E-state index in [1.165, 1.54) is 13.1 Å². The van der Waals surface area contributed by atoms with Gasteiger partial charge in [0.2, 0.25) is 5.91 Å². The lowest BCUT2D eigenvalue weighted by molar-refractivity contribution is -0.158. The number of amides is 1. The van der Waals surface area contributed by atoms with Gasteiger partial charge in [-0.1, -0.05) is 0 Å². The third-order valence-corrected chi connectivity index (χ3v) is 6.69. The monoisotopic (exact) mass is 501 g/mol. The van der Waals surface area contributed by atoms with E-state index in [1.54, 1.807) is 20.8 Å². The Hall–Kier alpha value is -2.20. The summed E-state index contributed by atoms with van der Waals surface area (Å²) in [5, 5.41) is 21.0. The summed E-state index contributed by atoms with van der Waals surface area (Å²) in [4.78, 5) is 52.4. The predicted molar refractivity (Wildman–Crippen MR) is 130 cm³/mol. The minimum absolute atomic E-state index is 0.00286. The number of nitrogens with one attached hydrogen (secondary N) is 1. The van der Waals surface area contributed by atoms with E-state index in [1.807, 2.05) is 13.3 Å². The van der Waals surface area contributed by atoms with E-state index < -0.39 is 66.7 Å². The second kappa shape index (κ2) is 10.6. The van der Waals surface area contributed by atoms with Crippen LogP contribution in [0.15, 0.2) is 15.8 Å². The van der Waals surface area contributed by atoms with Gasteiger partial charge in [-0.3, -0.25) is 23.9 Å². The zero-order chi connectivity index (χ0) is 26.0. The van der Waals surface area contributed by atoms with Crippen molar-refractivity contribution in [3.8, 4) is 0 Å². The van der Waals surface area contributed by atoms with Crippen molar-refractivity contribution in [3.63, 3.8) is 0 Å². The van der Waals surface area contributed by atoms with Crippen molar-refractivity contribution in [1.29, 1.82) is 0 Å². The van der Waals surface area contributed by atoms with Gasteiger partial charge in [-0.15, -0.1) is 13.2 Å². The average Bonchev–Trinajstić information content (AvgIpc) is 2.94. The Morgan fingerprint density at radius 2 is 1.88 bits per heavy atom. The standard InChI is InChI=1S/C22H36N3O8P/c1-13(26)24(12-16(27)33-22(2,3)4)10-14-11-25(21(31)23-19(14)30)20-18(29)17(28)15(32-20)8-9-34(5,6)7/h11,15,17-18,20,28-29H,5,8-10,12H2,1-4,6-7H3,(H,23,30,31)/t15-,17-,18-,20-/m1/s1. The van der Waals surface area contributed by atoms with Crippen LogP contribution in [0.2, 0.25) is 0 Å². The summed E-state index contributed by atoms with van der Waals surface area (Å²) < 4.78 is 12.0. The number of esters is 1. The molecule has 2 heterocycles. The highest BCUT2D eigenvalue weighted by molar-refractivity contribution is 7.72. The van der Waals surface area contributed by atoms with Gasteiger partial charge in [0.1, 0.15) is 24.4 Å². The first-order chi connectivity index (χ1) is 15.5. The topological polar surface area (TPSA) is 151 Å². The van der Waals surface area contributed by atoms with E-state index >= 15 is 0 Å². The maximum Gasteiger partial charge on any atom is 0.330 e. The molecule has 0 spiro atoms. The van der Waals surface area contributed by atoms with Gasteiger partial charge in [0.05, 0.1) is 18.2 Å². The highest BCUT2D eigenvalue weighted by atomic mass is 31.2. The van der Waals surface area contributed by atoms with Crippen LogP contribution in [0, 0.1) is 0 Å². The summed E-state index contributed by atoms with van der Waals surface area (Å²) in [5.74, 6) is -1.13. The molecule has 1 saturated heterocycles. The molecule has 1 aromatic rings. The lowest BCUT2D eigenvalue weighted by atomic mass is 10.1. The number of rotatable bonds is 8. The summed E-state index contributed by atoms with van der Waals surface area (Å²) in [6.07, 6.45) is 1.91. The molecule has 1 fully saturated rings. The van der Waals surface area contributed by atoms with Gasteiger partial charge in [-0.05, 0) is 46.7 Å². The molecule has 1 aliphatic rings. The first-order valence-corrected chi connectivity index (χ1v) is 14.0. The lowest BCUT2D eigenvalue weighted by Gasteiger charge is -2.24.